The van der Waals surface area contributed by atoms with Crippen molar-refractivity contribution >= 4 is 17.5 Å². The maximum atomic E-state index is 12.2. The zero-order chi connectivity index (χ0) is 15.5. The van der Waals surface area contributed by atoms with E-state index >= 15 is 0 Å². The molecule has 1 aromatic heterocycles. The Morgan fingerprint density at radius 1 is 1.27 bits per heavy atom. The van der Waals surface area contributed by atoms with Gasteiger partial charge in [0.1, 0.15) is 0 Å². The minimum atomic E-state index is 0.191. The Bertz CT molecular complexity index is 672. The fourth-order valence-corrected chi connectivity index (χ4v) is 2.92. The van der Waals surface area contributed by atoms with Gasteiger partial charge >= 0.3 is 0 Å². The van der Waals surface area contributed by atoms with E-state index in [2.05, 4.69) is 15.3 Å². The third-order valence-corrected chi connectivity index (χ3v) is 3.90. The second-order valence-electron chi connectivity index (χ2n) is 5.69. The summed E-state index contributed by atoms with van der Waals surface area (Å²) in [5.41, 5.74) is 2.91. The molecule has 5 nitrogen and oxygen atoms in total. The van der Waals surface area contributed by atoms with Crippen molar-refractivity contribution < 1.29 is 4.79 Å². The highest BCUT2D eigenvalue weighted by Gasteiger charge is 2.30. The highest BCUT2D eigenvalue weighted by molar-refractivity contribution is 5.95. The summed E-state index contributed by atoms with van der Waals surface area (Å²) in [6.07, 6.45) is 1.37. The van der Waals surface area contributed by atoms with Crippen LogP contribution in [0, 0.1) is 12.8 Å². The average Bonchev–Trinajstić information content (AvgIpc) is 2.88. The van der Waals surface area contributed by atoms with E-state index in [4.69, 9.17) is 0 Å². The molecule has 1 N–H and O–H groups in total. The highest BCUT2D eigenvalue weighted by atomic mass is 16.2. The predicted octanol–water partition coefficient (Wildman–Crippen LogP) is 2.42. The number of aromatic nitrogens is 2. The van der Waals surface area contributed by atoms with E-state index in [0.717, 1.165) is 30.0 Å². The fraction of sp³-hybridized carbons (Fsp3) is 0.353. The molecule has 2 aromatic rings. The summed E-state index contributed by atoms with van der Waals surface area (Å²) >= 11 is 0. The lowest BCUT2D eigenvalue weighted by Crippen LogP contribution is -2.24. The van der Waals surface area contributed by atoms with Crippen LogP contribution in [-0.4, -0.2) is 29.5 Å². The number of hydrogen-bond donors (Lipinski definition) is 1. The Morgan fingerprint density at radius 2 is 2.05 bits per heavy atom. The smallest absolute Gasteiger partial charge is 0.227 e. The molecule has 5 heteroatoms. The van der Waals surface area contributed by atoms with Crippen LogP contribution < -0.4 is 10.2 Å². The molecular formula is C17H20N4O. The number of carbonyl (C=O) groups is 1. The largest absolute Gasteiger partial charge is 0.357 e. The first-order chi connectivity index (χ1) is 10.7. The Morgan fingerprint density at radius 3 is 2.77 bits per heavy atom. The summed E-state index contributed by atoms with van der Waals surface area (Å²) < 4.78 is 0. The maximum absolute atomic E-state index is 12.2. The number of nitrogens with one attached hydrogen (secondary N) is 1. The zero-order valence-corrected chi connectivity index (χ0v) is 12.9. The van der Waals surface area contributed by atoms with Crippen molar-refractivity contribution in [3.8, 4) is 0 Å². The van der Waals surface area contributed by atoms with Crippen LogP contribution in [0.4, 0.5) is 11.6 Å². The van der Waals surface area contributed by atoms with Crippen LogP contribution in [0.5, 0.6) is 0 Å². The average molecular weight is 296 g/mol. The second-order valence-corrected chi connectivity index (χ2v) is 5.69. The first-order valence-electron chi connectivity index (χ1n) is 7.53. The lowest BCUT2D eigenvalue weighted by molar-refractivity contribution is -0.117. The number of aryl methyl sites for hydroxylation is 1. The number of nitrogens with zero attached hydrogens (tertiary/aromatic N) is 3. The summed E-state index contributed by atoms with van der Waals surface area (Å²) in [5.74, 6) is 1.13. The molecule has 1 aliphatic rings. The van der Waals surface area contributed by atoms with Gasteiger partial charge in [-0.15, -0.1) is 0 Å². The van der Waals surface area contributed by atoms with Crippen molar-refractivity contribution in [3.05, 3.63) is 47.8 Å². The Balaban J connectivity index is 1.73. The van der Waals surface area contributed by atoms with Gasteiger partial charge in [-0.2, -0.15) is 0 Å². The lowest BCUT2D eigenvalue weighted by atomic mass is 10.0. The molecule has 2 heterocycles. The van der Waals surface area contributed by atoms with Crippen LogP contribution in [0.2, 0.25) is 0 Å². The summed E-state index contributed by atoms with van der Waals surface area (Å²) in [6, 6.07) is 11.8. The monoisotopic (exact) mass is 296 g/mol. The Hall–Kier alpha value is -2.43. The molecule has 114 valence electrons. The van der Waals surface area contributed by atoms with Crippen LogP contribution in [-0.2, 0) is 11.2 Å². The molecule has 1 atom stereocenters. The number of rotatable bonds is 4. The van der Waals surface area contributed by atoms with Gasteiger partial charge in [0.25, 0.3) is 0 Å². The molecular weight excluding hydrogens is 276 g/mol. The summed E-state index contributed by atoms with van der Waals surface area (Å²) in [4.78, 5) is 22.9. The van der Waals surface area contributed by atoms with Crippen molar-refractivity contribution in [2.75, 3.05) is 23.8 Å². The topological polar surface area (TPSA) is 58.1 Å². The van der Waals surface area contributed by atoms with Crippen molar-refractivity contribution in [1.29, 1.82) is 0 Å². The minimum absolute atomic E-state index is 0.191. The molecule has 3 rings (SSSR count). The van der Waals surface area contributed by atoms with Gasteiger partial charge in [0.2, 0.25) is 11.9 Å². The highest BCUT2D eigenvalue weighted by Crippen LogP contribution is 2.27. The van der Waals surface area contributed by atoms with E-state index in [1.54, 1.807) is 0 Å². The fourth-order valence-electron chi connectivity index (χ4n) is 2.92. The van der Waals surface area contributed by atoms with Crippen LogP contribution in [0.25, 0.3) is 0 Å². The van der Waals surface area contributed by atoms with Crippen molar-refractivity contribution in [1.82, 2.24) is 9.97 Å². The van der Waals surface area contributed by atoms with Gasteiger partial charge in [0.05, 0.1) is 0 Å². The maximum Gasteiger partial charge on any atom is 0.227 e. The number of amides is 1. The predicted molar refractivity (Wildman–Crippen MR) is 86.9 cm³/mol. The summed E-state index contributed by atoms with van der Waals surface area (Å²) in [5, 5.41) is 2.98. The van der Waals surface area contributed by atoms with Gasteiger partial charge in [-0.1, -0.05) is 18.2 Å². The number of hydrogen-bond acceptors (Lipinski definition) is 4. The quantitative estimate of drug-likeness (QED) is 0.941. The molecule has 1 amide bonds. The van der Waals surface area contributed by atoms with E-state index in [1.807, 2.05) is 55.3 Å². The van der Waals surface area contributed by atoms with Crippen LogP contribution >= 0.6 is 0 Å². The molecule has 0 spiro atoms. The van der Waals surface area contributed by atoms with Crippen molar-refractivity contribution in [3.63, 3.8) is 0 Å². The molecule has 22 heavy (non-hydrogen) atoms. The molecule has 1 aliphatic heterocycles. The zero-order valence-electron chi connectivity index (χ0n) is 12.9. The van der Waals surface area contributed by atoms with Gasteiger partial charge in [0, 0.05) is 37.1 Å². The molecule has 1 unspecified atom stereocenters. The van der Waals surface area contributed by atoms with E-state index in [9.17, 15) is 4.79 Å². The minimum Gasteiger partial charge on any atom is -0.357 e. The van der Waals surface area contributed by atoms with E-state index < -0.39 is 0 Å². The normalized spacial score (nSPS) is 17.8. The van der Waals surface area contributed by atoms with Crippen molar-refractivity contribution in [2.45, 2.75) is 19.8 Å². The third-order valence-electron chi connectivity index (χ3n) is 3.90. The van der Waals surface area contributed by atoms with Gasteiger partial charge in [0.15, 0.2) is 0 Å². The van der Waals surface area contributed by atoms with Gasteiger partial charge < -0.3 is 10.2 Å². The van der Waals surface area contributed by atoms with Gasteiger partial charge in [-0.05, 0) is 37.5 Å². The molecule has 0 aliphatic carbocycles. The number of anilines is 2. The van der Waals surface area contributed by atoms with Crippen LogP contribution in [0.15, 0.2) is 36.4 Å². The SMILES string of the molecule is CNc1nc(C)cc(CC2CC(=O)N(c3ccccc3)C2)n1. The number of para-hydroxylation sites is 1. The number of benzene rings is 1. The lowest BCUT2D eigenvalue weighted by Gasteiger charge is -2.16. The second kappa shape index (κ2) is 6.13. The number of carbonyl (C=O) groups excluding carboxylic acids is 1. The van der Waals surface area contributed by atoms with Gasteiger partial charge in [-0.3, -0.25) is 4.79 Å². The van der Waals surface area contributed by atoms with E-state index in [1.165, 1.54) is 0 Å². The molecule has 1 saturated heterocycles. The standard InChI is InChI=1S/C17H20N4O/c1-12-8-14(20-17(18-2)19-12)9-13-10-16(22)21(11-13)15-6-4-3-5-7-15/h3-8,13H,9-11H2,1-2H3,(H,18,19,20). The van der Waals surface area contributed by atoms with Crippen LogP contribution in [0.1, 0.15) is 17.8 Å². The first kappa shape index (κ1) is 14.5. The molecule has 0 radical (unpaired) electrons. The molecule has 1 fully saturated rings. The third kappa shape index (κ3) is 3.08. The van der Waals surface area contributed by atoms with E-state index in [0.29, 0.717) is 18.3 Å². The Kier molecular flexibility index (Phi) is 4.04. The van der Waals surface area contributed by atoms with Crippen molar-refractivity contribution in [2.24, 2.45) is 5.92 Å². The first-order valence-corrected chi connectivity index (χ1v) is 7.53. The Labute approximate surface area is 130 Å². The molecule has 1 aromatic carbocycles. The van der Waals surface area contributed by atoms with Crippen LogP contribution in [0.3, 0.4) is 0 Å². The summed E-state index contributed by atoms with van der Waals surface area (Å²) in [6.45, 7) is 2.71. The van der Waals surface area contributed by atoms with Gasteiger partial charge in [-0.25, -0.2) is 9.97 Å². The van der Waals surface area contributed by atoms with E-state index in [-0.39, 0.29) is 5.91 Å². The molecule has 0 saturated carbocycles. The molecule has 0 bridgehead atoms. The summed E-state index contributed by atoms with van der Waals surface area (Å²) in [7, 11) is 1.81.